The number of carbonyl (C=O) groups is 3. The summed E-state index contributed by atoms with van der Waals surface area (Å²) in [5, 5.41) is 2.15. The number of pyridine rings is 1. The lowest BCUT2D eigenvalue weighted by Gasteiger charge is -2.26. The van der Waals surface area contributed by atoms with E-state index in [0.717, 1.165) is 18.6 Å². The molecule has 2 fully saturated rings. The van der Waals surface area contributed by atoms with Crippen molar-refractivity contribution in [3.8, 4) is 0 Å². The van der Waals surface area contributed by atoms with Gasteiger partial charge >= 0.3 is 12.2 Å². The van der Waals surface area contributed by atoms with Gasteiger partial charge in [-0.05, 0) is 42.7 Å². The van der Waals surface area contributed by atoms with Crippen molar-refractivity contribution in [1.29, 1.82) is 0 Å². The van der Waals surface area contributed by atoms with E-state index in [0.29, 0.717) is 36.3 Å². The van der Waals surface area contributed by atoms with Crippen molar-refractivity contribution in [2.45, 2.75) is 31.5 Å². The number of likely N-dealkylation sites (tertiary alicyclic amines) is 1. The van der Waals surface area contributed by atoms with Crippen molar-refractivity contribution in [2.75, 3.05) is 19.6 Å². The van der Waals surface area contributed by atoms with Crippen molar-refractivity contribution in [1.82, 2.24) is 20.1 Å². The van der Waals surface area contributed by atoms with E-state index in [2.05, 4.69) is 10.3 Å². The lowest BCUT2D eigenvalue weighted by atomic mass is 10.1. The van der Waals surface area contributed by atoms with E-state index in [1.807, 2.05) is 12.1 Å². The SMILES string of the molecule is O=C1CN(CC(=O)N2CCC[C@@H]2c2cccc(Cc3ccc(C(F)(F)F)cc3)n2)C(=O)N1. The molecule has 0 radical (unpaired) electrons. The van der Waals surface area contributed by atoms with Crippen LogP contribution in [0, 0.1) is 0 Å². The Labute approximate surface area is 182 Å². The first kappa shape index (κ1) is 21.8. The Morgan fingerprint density at radius 3 is 2.53 bits per heavy atom. The third-order valence-corrected chi connectivity index (χ3v) is 5.60. The summed E-state index contributed by atoms with van der Waals surface area (Å²) in [6.45, 7) is 0.209. The number of carbonyl (C=O) groups excluding carboxylic acids is 3. The van der Waals surface area contributed by atoms with Gasteiger partial charge in [-0.25, -0.2) is 4.79 Å². The number of halogens is 3. The van der Waals surface area contributed by atoms with Gasteiger partial charge in [-0.3, -0.25) is 19.9 Å². The average Bonchev–Trinajstić information content (AvgIpc) is 3.34. The number of hydrogen-bond donors (Lipinski definition) is 1. The average molecular weight is 446 g/mol. The fourth-order valence-corrected chi connectivity index (χ4v) is 4.04. The number of hydrogen-bond acceptors (Lipinski definition) is 4. The zero-order valence-corrected chi connectivity index (χ0v) is 17.1. The van der Waals surface area contributed by atoms with Crippen molar-refractivity contribution in [3.63, 3.8) is 0 Å². The first-order valence-corrected chi connectivity index (χ1v) is 10.2. The van der Waals surface area contributed by atoms with Crippen LogP contribution in [0.5, 0.6) is 0 Å². The van der Waals surface area contributed by atoms with Gasteiger partial charge in [0.2, 0.25) is 11.8 Å². The van der Waals surface area contributed by atoms with Gasteiger partial charge in [0.25, 0.3) is 0 Å². The zero-order chi connectivity index (χ0) is 22.9. The molecule has 4 rings (SSSR count). The van der Waals surface area contributed by atoms with Crippen LogP contribution in [0.2, 0.25) is 0 Å². The smallest absolute Gasteiger partial charge is 0.333 e. The van der Waals surface area contributed by atoms with Crippen molar-refractivity contribution in [3.05, 3.63) is 65.0 Å². The molecule has 0 bridgehead atoms. The minimum Gasteiger partial charge on any atom is -0.333 e. The topological polar surface area (TPSA) is 82.6 Å². The van der Waals surface area contributed by atoms with Crippen LogP contribution < -0.4 is 5.32 Å². The van der Waals surface area contributed by atoms with Crippen LogP contribution in [0.15, 0.2) is 42.5 Å². The quantitative estimate of drug-likeness (QED) is 0.716. The highest BCUT2D eigenvalue weighted by Crippen LogP contribution is 2.32. The summed E-state index contributed by atoms with van der Waals surface area (Å²) in [5.74, 6) is -0.689. The molecular weight excluding hydrogens is 425 g/mol. The molecule has 4 amide bonds. The van der Waals surface area contributed by atoms with Crippen LogP contribution in [0.1, 0.15) is 41.4 Å². The second-order valence-corrected chi connectivity index (χ2v) is 7.88. The minimum atomic E-state index is -4.38. The number of nitrogens with one attached hydrogen (secondary N) is 1. The van der Waals surface area contributed by atoms with Gasteiger partial charge in [-0.2, -0.15) is 13.2 Å². The summed E-state index contributed by atoms with van der Waals surface area (Å²) in [5.41, 5.74) is 1.39. The van der Waals surface area contributed by atoms with Gasteiger partial charge in [-0.15, -0.1) is 0 Å². The molecule has 168 valence electrons. The van der Waals surface area contributed by atoms with Gasteiger partial charge in [0.1, 0.15) is 13.1 Å². The summed E-state index contributed by atoms with van der Waals surface area (Å²) in [7, 11) is 0. The van der Waals surface area contributed by atoms with Crippen molar-refractivity contribution >= 4 is 17.8 Å². The summed E-state index contributed by atoms with van der Waals surface area (Å²) in [6.07, 6.45) is -2.51. The number of benzene rings is 1. The third kappa shape index (κ3) is 4.74. The highest BCUT2D eigenvalue weighted by molar-refractivity contribution is 6.03. The van der Waals surface area contributed by atoms with E-state index < -0.39 is 23.7 Å². The zero-order valence-electron chi connectivity index (χ0n) is 17.1. The summed E-state index contributed by atoms with van der Waals surface area (Å²) < 4.78 is 38.3. The first-order chi connectivity index (χ1) is 15.2. The molecule has 0 spiro atoms. The fourth-order valence-electron chi connectivity index (χ4n) is 4.04. The first-order valence-electron chi connectivity index (χ1n) is 10.2. The molecule has 1 atom stereocenters. The Balaban J connectivity index is 1.45. The predicted octanol–water partition coefficient (Wildman–Crippen LogP) is 2.91. The molecule has 7 nitrogen and oxygen atoms in total. The van der Waals surface area contributed by atoms with E-state index >= 15 is 0 Å². The maximum atomic E-state index is 12.8. The Morgan fingerprint density at radius 2 is 1.88 bits per heavy atom. The highest BCUT2D eigenvalue weighted by atomic mass is 19.4. The Kier molecular flexibility index (Phi) is 5.86. The number of imide groups is 1. The number of urea groups is 1. The monoisotopic (exact) mass is 446 g/mol. The molecule has 0 unspecified atom stereocenters. The molecule has 3 heterocycles. The number of rotatable bonds is 5. The number of amides is 4. The van der Waals surface area contributed by atoms with Gasteiger partial charge < -0.3 is 9.80 Å². The van der Waals surface area contributed by atoms with Gasteiger partial charge in [0.05, 0.1) is 17.3 Å². The molecule has 2 saturated heterocycles. The van der Waals surface area contributed by atoms with Crippen molar-refractivity contribution < 1.29 is 27.6 Å². The molecule has 1 aromatic carbocycles. The Hall–Kier alpha value is -3.43. The number of nitrogens with zero attached hydrogens (tertiary/aromatic N) is 3. The fraction of sp³-hybridized carbons (Fsp3) is 0.364. The van der Waals surface area contributed by atoms with Gasteiger partial charge in [0.15, 0.2) is 0 Å². The normalized spacial score (nSPS) is 18.9. The molecule has 2 aliphatic heterocycles. The third-order valence-electron chi connectivity index (χ3n) is 5.60. The van der Waals surface area contributed by atoms with Crippen LogP contribution in [0.4, 0.5) is 18.0 Å². The summed E-state index contributed by atoms with van der Waals surface area (Å²) in [6, 6.07) is 9.57. The maximum Gasteiger partial charge on any atom is 0.416 e. The Morgan fingerprint density at radius 1 is 1.12 bits per heavy atom. The van der Waals surface area contributed by atoms with Gasteiger partial charge in [-0.1, -0.05) is 18.2 Å². The standard InChI is InChI=1S/C22H21F3N4O3/c23-22(24,25)15-8-6-14(7-9-15)11-16-3-1-4-17(26-16)18-5-2-10-29(18)20(31)13-28-12-19(30)27-21(28)32/h1,3-4,6-9,18H,2,5,10-13H2,(H,27,30,32)/t18-/m1/s1. The van der Waals surface area contributed by atoms with E-state index in [4.69, 9.17) is 0 Å². The highest BCUT2D eigenvalue weighted by Gasteiger charge is 2.35. The molecular formula is C22H21F3N4O3. The predicted molar refractivity (Wildman–Crippen MR) is 107 cm³/mol. The van der Waals surface area contributed by atoms with Gasteiger partial charge in [0, 0.05) is 18.7 Å². The Bertz CT molecular complexity index is 1040. The molecule has 1 aromatic heterocycles. The second-order valence-electron chi connectivity index (χ2n) is 7.88. The van der Waals surface area contributed by atoms with Crippen LogP contribution in [0.3, 0.4) is 0 Å². The summed E-state index contributed by atoms with van der Waals surface area (Å²) >= 11 is 0. The van der Waals surface area contributed by atoms with Crippen LogP contribution in [-0.2, 0) is 22.2 Å². The molecule has 32 heavy (non-hydrogen) atoms. The molecule has 0 aliphatic carbocycles. The molecule has 2 aromatic rings. The number of aromatic nitrogens is 1. The lowest BCUT2D eigenvalue weighted by molar-refractivity contribution is -0.137. The molecule has 2 aliphatic rings. The molecule has 1 N–H and O–H groups in total. The van der Waals surface area contributed by atoms with E-state index in [1.165, 1.54) is 17.0 Å². The van der Waals surface area contributed by atoms with Crippen LogP contribution >= 0.6 is 0 Å². The largest absolute Gasteiger partial charge is 0.416 e. The maximum absolute atomic E-state index is 12.8. The molecule has 10 heteroatoms. The van der Waals surface area contributed by atoms with Crippen LogP contribution in [0.25, 0.3) is 0 Å². The van der Waals surface area contributed by atoms with E-state index in [9.17, 15) is 27.6 Å². The van der Waals surface area contributed by atoms with E-state index in [1.54, 1.807) is 11.0 Å². The summed E-state index contributed by atoms with van der Waals surface area (Å²) in [4.78, 5) is 43.4. The minimum absolute atomic E-state index is 0.135. The number of alkyl halides is 3. The second kappa shape index (κ2) is 8.60. The van der Waals surface area contributed by atoms with Crippen LogP contribution in [-0.4, -0.2) is 52.3 Å². The lowest BCUT2D eigenvalue weighted by Crippen LogP contribution is -2.41. The van der Waals surface area contributed by atoms with Crippen molar-refractivity contribution in [2.24, 2.45) is 0 Å². The molecule has 0 saturated carbocycles. The van der Waals surface area contributed by atoms with E-state index in [-0.39, 0.29) is 25.0 Å².